The van der Waals surface area contributed by atoms with Crippen molar-refractivity contribution in [3.05, 3.63) is 147 Å². The molecule has 0 saturated heterocycles. The maximum absolute atomic E-state index is 14.8. The topological polar surface area (TPSA) is 70.8 Å². The van der Waals surface area contributed by atoms with E-state index in [0.717, 1.165) is 17.2 Å². The quantitative estimate of drug-likeness (QED) is 0.304. The second kappa shape index (κ2) is 9.02. The summed E-state index contributed by atoms with van der Waals surface area (Å²) in [5, 5.41) is -0.0115. The molecule has 5 aromatic rings. The Hall–Kier alpha value is -5.04. The second-order valence-corrected chi connectivity index (χ2v) is 10.1. The molecule has 4 aromatic carbocycles. The van der Waals surface area contributed by atoms with E-state index >= 15 is 0 Å². The summed E-state index contributed by atoms with van der Waals surface area (Å²) in [5.41, 5.74) is 0.724. The molecule has 0 saturated carbocycles. The minimum absolute atomic E-state index is 0.0115. The number of anilines is 1. The Labute approximate surface area is 228 Å². The van der Waals surface area contributed by atoms with Gasteiger partial charge in [0.25, 0.3) is 11.8 Å². The fourth-order valence-electron chi connectivity index (χ4n) is 6.07. The number of halogens is 1. The van der Waals surface area contributed by atoms with Crippen LogP contribution < -0.4 is 10.3 Å². The minimum Gasteiger partial charge on any atom is -0.450 e. The van der Waals surface area contributed by atoms with Crippen molar-refractivity contribution in [3.63, 3.8) is 0 Å². The number of carbonyl (C=O) groups excluding carboxylic acids is 2. The van der Waals surface area contributed by atoms with Gasteiger partial charge in [-0.25, -0.2) is 4.39 Å². The van der Waals surface area contributed by atoms with E-state index in [1.807, 2.05) is 72.8 Å². The van der Waals surface area contributed by atoms with Crippen molar-refractivity contribution in [1.29, 1.82) is 0 Å². The Morgan fingerprint density at radius 3 is 2.20 bits per heavy atom. The predicted octanol–water partition coefficient (Wildman–Crippen LogP) is 5.42. The van der Waals surface area contributed by atoms with Crippen molar-refractivity contribution in [2.75, 3.05) is 11.4 Å². The van der Waals surface area contributed by atoms with Crippen LogP contribution in [0.3, 0.4) is 0 Å². The molecule has 7 heteroatoms. The van der Waals surface area contributed by atoms with Gasteiger partial charge in [0.05, 0.1) is 23.2 Å². The summed E-state index contributed by atoms with van der Waals surface area (Å²) in [6, 6.07) is 30.0. The predicted molar refractivity (Wildman–Crippen MR) is 148 cm³/mol. The fraction of sp³-hybridized carbons (Fsp3) is 0.121. The highest BCUT2D eigenvalue weighted by Crippen LogP contribution is 2.52. The SMILES string of the molecule is O=C1c2oc3ccc(F)cc3c(=O)c2C2(C(=O)N(Cc3ccccc3)c3ccccc32)N1CCc1ccccc1. The van der Waals surface area contributed by atoms with Crippen LogP contribution in [0.1, 0.15) is 32.8 Å². The molecule has 1 atom stereocenters. The van der Waals surface area contributed by atoms with Gasteiger partial charge in [-0.3, -0.25) is 14.4 Å². The molecule has 0 aliphatic carbocycles. The molecule has 1 aromatic heterocycles. The third-order valence-electron chi connectivity index (χ3n) is 7.85. The van der Waals surface area contributed by atoms with E-state index in [0.29, 0.717) is 17.7 Å². The lowest BCUT2D eigenvalue weighted by Gasteiger charge is -2.34. The molecule has 1 unspecified atom stereocenters. The van der Waals surface area contributed by atoms with Gasteiger partial charge in [0.15, 0.2) is 11.0 Å². The lowest BCUT2D eigenvalue weighted by atomic mass is 9.83. The lowest BCUT2D eigenvalue weighted by molar-refractivity contribution is -0.126. The number of nitrogens with zero attached hydrogens (tertiary/aromatic N) is 2. The number of hydrogen-bond donors (Lipinski definition) is 0. The zero-order chi connectivity index (χ0) is 27.4. The van der Waals surface area contributed by atoms with Crippen LogP contribution in [0.25, 0.3) is 11.0 Å². The number of fused-ring (bicyclic) bond motifs is 5. The van der Waals surface area contributed by atoms with Gasteiger partial charge in [-0.15, -0.1) is 0 Å². The summed E-state index contributed by atoms with van der Waals surface area (Å²) >= 11 is 0. The van der Waals surface area contributed by atoms with Crippen LogP contribution in [-0.4, -0.2) is 23.3 Å². The smallest absolute Gasteiger partial charge is 0.291 e. The van der Waals surface area contributed by atoms with E-state index < -0.39 is 28.6 Å². The van der Waals surface area contributed by atoms with Gasteiger partial charge < -0.3 is 14.2 Å². The van der Waals surface area contributed by atoms with Crippen molar-refractivity contribution in [2.24, 2.45) is 0 Å². The third-order valence-corrected chi connectivity index (χ3v) is 7.85. The van der Waals surface area contributed by atoms with E-state index in [2.05, 4.69) is 0 Å². The first kappa shape index (κ1) is 24.0. The summed E-state index contributed by atoms with van der Waals surface area (Å²) in [6.45, 7) is 0.415. The molecule has 6 nitrogen and oxygen atoms in total. The number of para-hydroxylation sites is 1. The maximum atomic E-state index is 14.8. The molecule has 2 aliphatic rings. The van der Waals surface area contributed by atoms with Crippen LogP contribution in [0, 0.1) is 5.82 Å². The Morgan fingerprint density at radius 1 is 0.775 bits per heavy atom. The summed E-state index contributed by atoms with van der Waals surface area (Å²) in [6.07, 6.45) is 0.457. The number of benzene rings is 4. The van der Waals surface area contributed by atoms with E-state index in [9.17, 15) is 18.8 Å². The highest BCUT2D eigenvalue weighted by atomic mass is 19.1. The molecule has 7 rings (SSSR count). The molecular weight excluding hydrogens is 507 g/mol. The lowest BCUT2D eigenvalue weighted by Crippen LogP contribution is -2.53. The van der Waals surface area contributed by atoms with Crippen LogP contribution in [0.4, 0.5) is 10.1 Å². The van der Waals surface area contributed by atoms with Gasteiger partial charge >= 0.3 is 0 Å². The molecule has 1 spiro atoms. The summed E-state index contributed by atoms with van der Waals surface area (Å²) < 4.78 is 20.3. The first-order valence-electron chi connectivity index (χ1n) is 13.1. The van der Waals surface area contributed by atoms with E-state index in [4.69, 9.17) is 4.42 Å². The molecule has 0 N–H and O–H groups in total. The van der Waals surface area contributed by atoms with Crippen molar-refractivity contribution >= 4 is 28.5 Å². The van der Waals surface area contributed by atoms with Gasteiger partial charge in [0, 0.05) is 12.1 Å². The van der Waals surface area contributed by atoms with Gasteiger partial charge in [-0.2, -0.15) is 0 Å². The monoisotopic (exact) mass is 530 g/mol. The highest BCUT2D eigenvalue weighted by Gasteiger charge is 2.64. The average Bonchev–Trinajstić information content (AvgIpc) is 3.37. The molecule has 0 fully saturated rings. The minimum atomic E-state index is -1.74. The first-order valence-corrected chi connectivity index (χ1v) is 13.1. The molecule has 3 heterocycles. The molecule has 196 valence electrons. The molecule has 2 amide bonds. The molecule has 0 radical (unpaired) electrons. The summed E-state index contributed by atoms with van der Waals surface area (Å²) in [5.74, 6) is -1.75. The van der Waals surface area contributed by atoms with E-state index in [1.165, 1.54) is 17.0 Å². The van der Waals surface area contributed by atoms with Crippen molar-refractivity contribution < 1.29 is 18.4 Å². The maximum Gasteiger partial charge on any atom is 0.291 e. The van der Waals surface area contributed by atoms with Crippen LogP contribution >= 0.6 is 0 Å². The number of hydrogen-bond acceptors (Lipinski definition) is 4. The van der Waals surface area contributed by atoms with Crippen LogP contribution in [0.2, 0.25) is 0 Å². The van der Waals surface area contributed by atoms with Crippen molar-refractivity contribution in [1.82, 2.24) is 4.90 Å². The van der Waals surface area contributed by atoms with Crippen LogP contribution in [0.5, 0.6) is 0 Å². The fourth-order valence-corrected chi connectivity index (χ4v) is 6.07. The Bertz CT molecular complexity index is 1870. The Kier molecular flexibility index (Phi) is 5.42. The van der Waals surface area contributed by atoms with E-state index in [1.54, 1.807) is 17.0 Å². The van der Waals surface area contributed by atoms with Gasteiger partial charge in [0.2, 0.25) is 5.76 Å². The molecule has 0 bridgehead atoms. The van der Waals surface area contributed by atoms with E-state index in [-0.39, 0.29) is 35.4 Å². The number of rotatable bonds is 5. The number of amides is 2. The summed E-state index contributed by atoms with van der Waals surface area (Å²) in [7, 11) is 0. The van der Waals surface area contributed by atoms with Gasteiger partial charge in [-0.05, 0) is 41.8 Å². The summed E-state index contributed by atoms with van der Waals surface area (Å²) in [4.78, 5) is 46.1. The van der Waals surface area contributed by atoms with Crippen LogP contribution in [0.15, 0.2) is 112 Å². The van der Waals surface area contributed by atoms with Crippen molar-refractivity contribution in [3.8, 4) is 0 Å². The number of carbonyl (C=O) groups is 2. The molecule has 2 aliphatic heterocycles. The van der Waals surface area contributed by atoms with Gasteiger partial charge in [0.1, 0.15) is 11.4 Å². The average molecular weight is 531 g/mol. The third kappa shape index (κ3) is 3.37. The molecular formula is C33H23FN2O4. The zero-order valence-electron chi connectivity index (χ0n) is 21.3. The zero-order valence-corrected chi connectivity index (χ0v) is 21.3. The normalized spacial score (nSPS) is 17.6. The standard InChI is InChI=1S/C33H23FN2O4/c34-23-15-16-27-24(19-23)29(37)28-30(40-27)31(38)36(18-17-21-9-3-1-4-10-21)33(28)25-13-7-8-14-26(25)35(32(33)39)20-22-11-5-2-6-12-22/h1-16,19H,17-18,20H2. The van der Waals surface area contributed by atoms with Crippen LogP contribution in [-0.2, 0) is 23.3 Å². The first-order chi connectivity index (χ1) is 19.5. The van der Waals surface area contributed by atoms with Crippen molar-refractivity contribution in [2.45, 2.75) is 18.5 Å². The Balaban J connectivity index is 1.48. The highest BCUT2D eigenvalue weighted by molar-refractivity contribution is 6.17. The largest absolute Gasteiger partial charge is 0.450 e. The Morgan fingerprint density at radius 2 is 1.45 bits per heavy atom. The second-order valence-electron chi connectivity index (χ2n) is 10.1. The van der Waals surface area contributed by atoms with Gasteiger partial charge in [-0.1, -0.05) is 78.9 Å². The molecule has 40 heavy (non-hydrogen) atoms.